The van der Waals surface area contributed by atoms with Crippen LogP contribution in [-0.4, -0.2) is 11.8 Å². The van der Waals surface area contributed by atoms with Crippen molar-refractivity contribution >= 4 is 33.8 Å². The summed E-state index contributed by atoms with van der Waals surface area (Å²) in [6.07, 6.45) is 3.61. The first kappa shape index (κ1) is 19.4. The summed E-state index contributed by atoms with van der Waals surface area (Å²) in [7, 11) is 0. The van der Waals surface area contributed by atoms with Gasteiger partial charge in [0.15, 0.2) is 0 Å². The summed E-state index contributed by atoms with van der Waals surface area (Å²) >= 11 is 0. The Labute approximate surface area is 162 Å². The fourth-order valence-corrected chi connectivity index (χ4v) is 3.00. The van der Waals surface area contributed by atoms with Gasteiger partial charge in [-0.25, -0.2) is 0 Å². The Morgan fingerprint density at radius 2 is 1.71 bits per heavy atom. The van der Waals surface area contributed by atoms with E-state index in [-0.39, 0.29) is 24.2 Å². The lowest BCUT2D eigenvalue weighted by atomic mass is 10.0. The molecule has 0 aliphatic rings. The first-order chi connectivity index (χ1) is 13.4. The number of allylic oxidation sites excluding steroid dienone is 1. The van der Waals surface area contributed by atoms with E-state index in [1.165, 1.54) is 0 Å². The number of para-hydroxylation sites is 1. The highest BCUT2D eigenvalue weighted by Crippen LogP contribution is 2.25. The number of hydrazine groups is 1. The predicted molar refractivity (Wildman–Crippen MR) is 109 cm³/mol. The maximum absolute atomic E-state index is 12.9. The van der Waals surface area contributed by atoms with E-state index in [0.29, 0.717) is 27.5 Å². The summed E-state index contributed by atoms with van der Waals surface area (Å²) < 4.78 is 6.07. The molecule has 0 saturated carbocycles. The zero-order valence-corrected chi connectivity index (χ0v) is 16.1. The minimum Gasteiger partial charge on any atom is -0.455 e. The molecule has 0 unspecified atom stereocenters. The van der Waals surface area contributed by atoms with E-state index in [0.717, 1.165) is 11.1 Å². The predicted octanol–water partition coefficient (Wildman–Crippen LogP) is 3.22. The number of carbonyl (C=O) groups is 2. The number of hydrogen-bond donors (Lipinski definition) is 2. The molecule has 28 heavy (non-hydrogen) atoms. The van der Waals surface area contributed by atoms with Gasteiger partial charge in [0.25, 0.3) is 0 Å². The molecule has 0 saturated heterocycles. The average Bonchev–Trinajstić information content (AvgIpc) is 2.68. The van der Waals surface area contributed by atoms with Crippen LogP contribution in [0.1, 0.15) is 30.0 Å². The third kappa shape index (κ3) is 3.81. The molecule has 6 heteroatoms. The van der Waals surface area contributed by atoms with Crippen molar-refractivity contribution in [2.24, 2.45) is 0 Å². The summed E-state index contributed by atoms with van der Waals surface area (Å²) in [5, 5.41) is 0.951. The van der Waals surface area contributed by atoms with Crippen LogP contribution in [0.5, 0.6) is 0 Å². The van der Waals surface area contributed by atoms with Crippen LogP contribution in [-0.2, 0) is 16.0 Å². The molecule has 2 amide bonds. The van der Waals surface area contributed by atoms with E-state index in [2.05, 4.69) is 10.9 Å². The Balaban J connectivity index is 1.94. The standard InChI is InChI=1S/C22H22N2O4/c1-4-5-9-18(25)23-24-19(26)12-15-7-6-8-16-20(27)17-11-10-13(2)14(3)21(17)28-22(15)16/h4-8,10-11H,9,12H2,1-3H3,(H,23,25)(H,24,26)/b5-4+. The quantitative estimate of drug-likeness (QED) is 0.414. The van der Waals surface area contributed by atoms with Gasteiger partial charge >= 0.3 is 0 Å². The van der Waals surface area contributed by atoms with Crippen LogP contribution in [0, 0.1) is 13.8 Å². The van der Waals surface area contributed by atoms with Crippen LogP contribution < -0.4 is 16.3 Å². The molecule has 3 rings (SSSR count). The molecule has 2 aromatic carbocycles. The van der Waals surface area contributed by atoms with E-state index in [1.54, 1.807) is 36.4 Å². The molecule has 1 aromatic heterocycles. The summed E-state index contributed by atoms with van der Waals surface area (Å²) in [5.41, 5.74) is 8.05. The van der Waals surface area contributed by atoms with Gasteiger partial charge in [-0.2, -0.15) is 0 Å². The summed E-state index contributed by atoms with van der Waals surface area (Å²) in [5.74, 6) is -0.710. The van der Waals surface area contributed by atoms with E-state index >= 15 is 0 Å². The molecule has 0 fully saturated rings. The van der Waals surface area contributed by atoms with Crippen LogP contribution in [0.4, 0.5) is 0 Å². The van der Waals surface area contributed by atoms with Gasteiger partial charge in [-0.05, 0) is 44.0 Å². The zero-order chi connectivity index (χ0) is 20.3. The Bertz CT molecular complexity index is 1160. The van der Waals surface area contributed by atoms with Gasteiger partial charge in [0.2, 0.25) is 17.2 Å². The van der Waals surface area contributed by atoms with E-state index in [1.807, 2.05) is 26.8 Å². The summed E-state index contributed by atoms with van der Waals surface area (Å²) in [6.45, 7) is 5.67. The van der Waals surface area contributed by atoms with Crippen molar-refractivity contribution in [3.63, 3.8) is 0 Å². The van der Waals surface area contributed by atoms with E-state index in [9.17, 15) is 14.4 Å². The first-order valence-corrected chi connectivity index (χ1v) is 9.05. The normalized spacial score (nSPS) is 11.2. The van der Waals surface area contributed by atoms with Crippen LogP contribution in [0.15, 0.2) is 51.7 Å². The smallest absolute Gasteiger partial charge is 0.242 e. The van der Waals surface area contributed by atoms with Crippen LogP contribution >= 0.6 is 0 Å². The fourth-order valence-electron chi connectivity index (χ4n) is 3.00. The van der Waals surface area contributed by atoms with Gasteiger partial charge in [-0.3, -0.25) is 25.2 Å². The fraction of sp³-hybridized carbons (Fsp3) is 0.227. The van der Waals surface area contributed by atoms with Gasteiger partial charge in [0, 0.05) is 12.0 Å². The largest absolute Gasteiger partial charge is 0.455 e. The lowest BCUT2D eigenvalue weighted by Crippen LogP contribution is -2.42. The van der Waals surface area contributed by atoms with Crippen LogP contribution in [0.25, 0.3) is 21.9 Å². The van der Waals surface area contributed by atoms with Crippen molar-refractivity contribution in [2.75, 3.05) is 0 Å². The molecular weight excluding hydrogens is 356 g/mol. The molecule has 0 radical (unpaired) electrons. The zero-order valence-electron chi connectivity index (χ0n) is 16.1. The SMILES string of the molecule is C/C=C/CC(=O)NNC(=O)Cc1cccc2c(=O)c3ccc(C)c(C)c3oc12. The maximum Gasteiger partial charge on any atom is 0.242 e. The second-order valence-corrected chi connectivity index (χ2v) is 6.66. The molecule has 0 spiro atoms. The second kappa shape index (κ2) is 8.08. The molecule has 3 aromatic rings. The monoisotopic (exact) mass is 378 g/mol. The average molecular weight is 378 g/mol. The molecule has 144 valence electrons. The Kier molecular flexibility index (Phi) is 5.59. The number of fused-ring (bicyclic) bond motifs is 2. The maximum atomic E-state index is 12.9. The minimum atomic E-state index is -0.398. The molecule has 0 aliphatic carbocycles. The molecule has 0 atom stereocenters. The number of rotatable bonds is 4. The van der Waals surface area contributed by atoms with Crippen LogP contribution in [0.2, 0.25) is 0 Å². The highest BCUT2D eigenvalue weighted by Gasteiger charge is 2.15. The Morgan fingerprint density at radius 1 is 1.00 bits per heavy atom. The first-order valence-electron chi connectivity index (χ1n) is 9.05. The number of hydrogen-bond acceptors (Lipinski definition) is 4. The van der Waals surface area contributed by atoms with Gasteiger partial charge in [-0.1, -0.05) is 30.4 Å². The minimum absolute atomic E-state index is 0.0272. The van der Waals surface area contributed by atoms with Crippen molar-refractivity contribution in [2.45, 2.75) is 33.6 Å². The number of amides is 2. The van der Waals surface area contributed by atoms with Crippen molar-refractivity contribution < 1.29 is 14.0 Å². The highest BCUT2D eigenvalue weighted by atomic mass is 16.3. The molecular formula is C22H22N2O4. The Hall–Kier alpha value is -3.41. The second-order valence-electron chi connectivity index (χ2n) is 6.66. The van der Waals surface area contributed by atoms with Gasteiger partial charge < -0.3 is 4.42 Å². The molecule has 0 bridgehead atoms. The number of aryl methyl sites for hydroxylation is 2. The highest BCUT2D eigenvalue weighted by molar-refractivity contribution is 5.94. The summed E-state index contributed by atoms with van der Waals surface area (Å²) in [6, 6.07) is 8.82. The van der Waals surface area contributed by atoms with Crippen molar-refractivity contribution in [3.8, 4) is 0 Å². The molecule has 1 heterocycles. The van der Waals surface area contributed by atoms with Crippen molar-refractivity contribution in [3.05, 3.63) is 69.4 Å². The summed E-state index contributed by atoms with van der Waals surface area (Å²) in [4.78, 5) is 36.7. The van der Waals surface area contributed by atoms with E-state index < -0.39 is 5.91 Å². The van der Waals surface area contributed by atoms with Gasteiger partial charge in [0.05, 0.1) is 17.2 Å². The third-order valence-electron chi connectivity index (χ3n) is 4.70. The van der Waals surface area contributed by atoms with Gasteiger partial charge in [-0.15, -0.1) is 0 Å². The van der Waals surface area contributed by atoms with Crippen molar-refractivity contribution in [1.29, 1.82) is 0 Å². The Morgan fingerprint density at radius 3 is 2.46 bits per heavy atom. The lowest BCUT2D eigenvalue weighted by molar-refractivity contribution is -0.128. The van der Waals surface area contributed by atoms with Crippen LogP contribution in [0.3, 0.4) is 0 Å². The van der Waals surface area contributed by atoms with Gasteiger partial charge in [0.1, 0.15) is 11.2 Å². The number of benzene rings is 2. The molecule has 2 N–H and O–H groups in total. The number of carbonyl (C=O) groups excluding carboxylic acids is 2. The topological polar surface area (TPSA) is 88.4 Å². The van der Waals surface area contributed by atoms with E-state index in [4.69, 9.17) is 4.42 Å². The molecule has 0 aliphatic heterocycles. The number of nitrogens with one attached hydrogen (secondary N) is 2. The lowest BCUT2D eigenvalue weighted by Gasteiger charge is -2.10. The van der Waals surface area contributed by atoms with Crippen molar-refractivity contribution in [1.82, 2.24) is 10.9 Å². The third-order valence-corrected chi connectivity index (χ3v) is 4.70. The molecule has 6 nitrogen and oxygen atoms in total.